The molecular weight excluding hydrogens is 214 g/mol. The van der Waals surface area contributed by atoms with Crippen molar-refractivity contribution in [1.29, 1.82) is 0 Å². The van der Waals surface area contributed by atoms with Crippen molar-refractivity contribution in [3.63, 3.8) is 0 Å². The van der Waals surface area contributed by atoms with Crippen LogP contribution in [0.4, 0.5) is 0 Å². The van der Waals surface area contributed by atoms with Crippen molar-refractivity contribution in [3.8, 4) is 0 Å². The fourth-order valence-corrected chi connectivity index (χ4v) is 2.35. The summed E-state index contributed by atoms with van der Waals surface area (Å²) in [7, 11) is 1.89. The van der Waals surface area contributed by atoms with E-state index in [1.807, 2.05) is 11.9 Å². The maximum atomic E-state index is 11.8. The van der Waals surface area contributed by atoms with Crippen LogP contribution in [-0.4, -0.2) is 61.5 Å². The van der Waals surface area contributed by atoms with E-state index in [0.717, 1.165) is 13.1 Å². The summed E-state index contributed by atoms with van der Waals surface area (Å²) in [6.45, 7) is 10.0. The van der Waals surface area contributed by atoms with Gasteiger partial charge in [0.1, 0.15) is 0 Å². The van der Waals surface area contributed by atoms with Crippen molar-refractivity contribution in [1.82, 2.24) is 15.1 Å². The maximum Gasteiger partial charge on any atom is 0.236 e. The van der Waals surface area contributed by atoms with Crippen LogP contribution in [0.3, 0.4) is 0 Å². The molecule has 17 heavy (non-hydrogen) atoms. The molecular formula is C13H25N3O. The Morgan fingerprint density at radius 1 is 1.65 bits per heavy atom. The fourth-order valence-electron chi connectivity index (χ4n) is 2.35. The summed E-state index contributed by atoms with van der Waals surface area (Å²) in [5.74, 6) is 0.162. The Balaban J connectivity index is 2.29. The molecule has 1 saturated heterocycles. The normalized spacial score (nSPS) is 20.5. The predicted octanol–water partition coefficient (Wildman–Crippen LogP) is 0.705. The van der Waals surface area contributed by atoms with Gasteiger partial charge in [0, 0.05) is 26.2 Å². The van der Waals surface area contributed by atoms with Crippen LogP contribution < -0.4 is 5.32 Å². The van der Waals surface area contributed by atoms with Gasteiger partial charge in [-0.1, -0.05) is 13.0 Å². The SMILES string of the molecule is C=CCNCC(=O)N(C)CC1CCCN1CC. The molecule has 0 saturated carbocycles. The third-order valence-corrected chi connectivity index (χ3v) is 3.38. The molecule has 0 bridgehead atoms. The molecule has 1 N–H and O–H groups in total. The number of nitrogens with one attached hydrogen (secondary N) is 1. The van der Waals surface area contributed by atoms with Gasteiger partial charge in [-0.05, 0) is 25.9 Å². The Morgan fingerprint density at radius 3 is 3.06 bits per heavy atom. The fraction of sp³-hybridized carbons (Fsp3) is 0.769. The number of rotatable bonds is 7. The van der Waals surface area contributed by atoms with Crippen LogP contribution in [-0.2, 0) is 4.79 Å². The number of carbonyl (C=O) groups is 1. The zero-order valence-corrected chi connectivity index (χ0v) is 11.1. The minimum atomic E-state index is 0.162. The van der Waals surface area contributed by atoms with Gasteiger partial charge in [0.05, 0.1) is 6.54 Å². The lowest BCUT2D eigenvalue weighted by atomic mass is 10.2. The van der Waals surface area contributed by atoms with Gasteiger partial charge < -0.3 is 10.2 Å². The molecule has 1 unspecified atom stereocenters. The third kappa shape index (κ3) is 4.48. The first-order valence-corrected chi connectivity index (χ1v) is 6.48. The summed E-state index contributed by atoms with van der Waals surface area (Å²) in [4.78, 5) is 16.1. The van der Waals surface area contributed by atoms with Gasteiger partial charge in [-0.2, -0.15) is 0 Å². The van der Waals surface area contributed by atoms with Crippen LogP contribution in [0.25, 0.3) is 0 Å². The lowest BCUT2D eigenvalue weighted by Crippen LogP contribution is -2.43. The highest BCUT2D eigenvalue weighted by atomic mass is 16.2. The number of amides is 1. The van der Waals surface area contributed by atoms with Crippen LogP contribution in [0, 0.1) is 0 Å². The van der Waals surface area contributed by atoms with Crippen molar-refractivity contribution in [2.24, 2.45) is 0 Å². The summed E-state index contributed by atoms with van der Waals surface area (Å²) in [5, 5.41) is 3.04. The molecule has 1 heterocycles. The zero-order chi connectivity index (χ0) is 12.7. The molecule has 1 rings (SSSR count). The van der Waals surface area contributed by atoms with Gasteiger partial charge >= 0.3 is 0 Å². The molecule has 0 aromatic carbocycles. The second kappa shape index (κ2) is 7.45. The summed E-state index contributed by atoms with van der Waals surface area (Å²) in [6, 6.07) is 0.549. The minimum Gasteiger partial charge on any atom is -0.343 e. The molecule has 1 aliphatic heterocycles. The average molecular weight is 239 g/mol. The first kappa shape index (κ1) is 14.2. The Morgan fingerprint density at radius 2 is 2.41 bits per heavy atom. The highest BCUT2D eigenvalue weighted by Crippen LogP contribution is 2.17. The van der Waals surface area contributed by atoms with Gasteiger partial charge in [0.15, 0.2) is 0 Å². The van der Waals surface area contributed by atoms with Crippen molar-refractivity contribution < 1.29 is 4.79 Å². The van der Waals surface area contributed by atoms with Crippen LogP contribution >= 0.6 is 0 Å². The topological polar surface area (TPSA) is 35.6 Å². The van der Waals surface area contributed by atoms with Crippen LogP contribution in [0.15, 0.2) is 12.7 Å². The maximum absolute atomic E-state index is 11.8. The molecule has 4 nitrogen and oxygen atoms in total. The van der Waals surface area contributed by atoms with E-state index in [0.29, 0.717) is 19.1 Å². The summed E-state index contributed by atoms with van der Waals surface area (Å²) in [6.07, 6.45) is 4.24. The standard InChI is InChI=1S/C13H25N3O/c1-4-8-14-10-13(17)15(3)11-12-7-6-9-16(12)5-2/h4,12,14H,1,5-11H2,2-3H3. The number of hydrogen-bond donors (Lipinski definition) is 1. The van der Waals surface area contributed by atoms with E-state index in [9.17, 15) is 4.79 Å². The number of nitrogens with zero attached hydrogens (tertiary/aromatic N) is 2. The number of likely N-dealkylation sites (tertiary alicyclic amines) is 1. The number of likely N-dealkylation sites (N-methyl/N-ethyl adjacent to an activating group) is 2. The highest BCUT2D eigenvalue weighted by molar-refractivity contribution is 5.78. The quantitative estimate of drug-likeness (QED) is 0.525. The third-order valence-electron chi connectivity index (χ3n) is 3.38. The smallest absolute Gasteiger partial charge is 0.236 e. The van der Waals surface area contributed by atoms with Crippen LogP contribution in [0.2, 0.25) is 0 Å². The van der Waals surface area contributed by atoms with E-state index in [4.69, 9.17) is 0 Å². The van der Waals surface area contributed by atoms with E-state index in [-0.39, 0.29) is 5.91 Å². The number of carbonyl (C=O) groups excluding carboxylic acids is 1. The second-order valence-electron chi connectivity index (χ2n) is 4.62. The van der Waals surface area contributed by atoms with E-state index < -0.39 is 0 Å². The monoisotopic (exact) mass is 239 g/mol. The molecule has 0 spiro atoms. The number of hydrogen-bond acceptors (Lipinski definition) is 3. The van der Waals surface area contributed by atoms with Gasteiger partial charge in [0.25, 0.3) is 0 Å². The highest BCUT2D eigenvalue weighted by Gasteiger charge is 2.25. The van der Waals surface area contributed by atoms with Gasteiger partial charge in [-0.25, -0.2) is 0 Å². The second-order valence-corrected chi connectivity index (χ2v) is 4.62. The van der Waals surface area contributed by atoms with E-state index >= 15 is 0 Å². The molecule has 0 aliphatic carbocycles. The van der Waals surface area contributed by atoms with Gasteiger partial charge in [0.2, 0.25) is 5.91 Å². The summed E-state index contributed by atoms with van der Waals surface area (Å²) in [5.41, 5.74) is 0. The largest absolute Gasteiger partial charge is 0.343 e. The van der Waals surface area contributed by atoms with E-state index in [2.05, 4.69) is 23.7 Å². The van der Waals surface area contributed by atoms with Gasteiger partial charge in [-0.15, -0.1) is 6.58 Å². The van der Waals surface area contributed by atoms with Crippen molar-refractivity contribution in [2.75, 3.05) is 39.8 Å². The molecule has 0 aromatic heterocycles. The minimum absolute atomic E-state index is 0.162. The molecule has 1 aliphatic rings. The predicted molar refractivity (Wildman–Crippen MR) is 71.0 cm³/mol. The van der Waals surface area contributed by atoms with Crippen LogP contribution in [0.1, 0.15) is 19.8 Å². The Bertz CT molecular complexity index is 255. The molecule has 0 radical (unpaired) electrons. The molecule has 1 fully saturated rings. The lowest BCUT2D eigenvalue weighted by molar-refractivity contribution is -0.129. The Hall–Kier alpha value is -0.870. The van der Waals surface area contributed by atoms with Gasteiger partial charge in [-0.3, -0.25) is 9.69 Å². The first-order valence-electron chi connectivity index (χ1n) is 6.48. The molecule has 1 atom stereocenters. The van der Waals surface area contributed by atoms with E-state index in [1.165, 1.54) is 19.4 Å². The molecule has 4 heteroatoms. The Kier molecular flexibility index (Phi) is 6.22. The van der Waals surface area contributed by atoms with E-state index in [1.54, 1.807) is 6.08 Å². The summed E-state index contributed by atoms with van der Waals surface area (Å²) < 4.78 is 0. The molecule has 98 valence electrons. The zero-order valence-electron chi connectivity index (χ0n) is 11.1. The summed E-state index contributed by atoms with van der Waals surface area (Å²) >= 11 is 0. The molecule has 1 amide bonds. The van der Waals surface area contributed by atoms with Crippen molar-refractivity contribution in [2.45, 2.75) is 25.8 Å². The average Bonchev–Trinajstić information content (AvgIpc) is 2.76. The van der Waals surface area contributed by atoms with Crippen molar-refractivity contribution in [3.05, 3.63) is 12.7 Å². The van der Waals surface area contributed by atoms with Crippen molar-refractivity contribution >= 4 is 5.91 Å². The van der Waals surface area contributed by atoms with Crippen LogP contribution in [0.5, 0.6) is 0 Å². The first-order chi connectivity index (χ1) is 8.19. The lowest BCUT2D eigenvalue weighted by Gasteiger charge is -2.27. The molecule has 0 aromatic rings. The Labute approximate surface area is 105 Å².